The van der Waals surface area contributed by atoms with Crippen LogP contribution in [0, 0.1) is 6.92 Å². The average molecular weight is 396 g/mol. The highest BCUT2D eigenvalue weighted by molar-refractivity contribution is 5.95. The van der Waals surface area contributed by atoms with Crippen LogP contribution in [0.5, 0.6) is 0 Å². The summed E-state index contributed by atoms with van der Waals surface area (Å²) in [5.74, 6) is 0.678. The smallest absolute Gasteiger partial charge is 0.272 e. The molecular formula is C22H29N5O2. The number of aromatic nitrogens is 2. The van der Waals surface area contributed by atoms with E-state index in [1.807, 2.05) is 44.3 Å². The van der Waals surface area contributed by atoms with E-state index >= 15 is 0 Å². The van der Waals surface area contributed by atoms with Crippen LogP contribution in [-0.2, 0) is 11.2 Å². The predicted molar refractivity (Wildman–Crippen MR) is 113 cm³/mol. The molecule has 29 heavy (non-hydrogen) atoms. The van der Waals surface area contributed by atoms with Gasteiger partial charge in [0.25, 0.3) is 5.91 Å². The fourth-order valence-corrected chi connectivity index (χ4v) is 3.41. The van der Waals surface area contributed by atoms with E-state index in [1.54, 1.807) is 22.9 Å². The molecule has 0 fully saturated rings. The molecule has 0 unspecified atom stereocenters. The molecule has 0 atom stereocenters. The minimum Gasteiger partial charge on any atom is -0.360 e. The molecule has 0 aromatic carbocycles. The van der Waals surface area contributed by atoms with Crippen LogP contribution >= 0.6 is 0 Å². The molecule has 0 spiro atoms. The van der Waals surface area contributed by atoms with Crippen molar-refractivity contribution in [3.63, 3.8) is 0 Å². The van der Waals surface area contributed by atoms with Crippen LogP contribution in [0.1, 0.15) is 34.7 Å². The van der Waals surface area contributed by atoms with Crippen molar-refractivity contribution in [1.82, 2.24) is 19.8 Å². The molecule has 2 aromatic rings. The molecule has 3 heterocycles. The highest BCUT2D eigenvalue weighted by Crippen LogP contribution is 2.13. The lowest BCUT2D eigenvalue weighted by Gasteiger charge is -2.27. The molecule has 7 nitrogen and oxygen atoms in total. The van der Waals surface area contributed by atoms with Crippen LogP contribution in [0.15, 0.2) is 36.4 Å². The number of likely N-dealkylation sites (N-methyl/N-ethyl adjacent to an activating group) is 1. The minimum atomic E-state index is -0.205. The molecule has 2 aromatic heterocycles. The molecule has 0 aliphatic carbocycles. The molecule has 0 N–H and O–H groups in total. The van der Waals surface area contributed by atoms with Gasteiger partial charge >= 0.3 is 0 Å². The molecule has 1 aliphatic heterocycles. The van der Waals surface area contributed by atoms with Gasteiger partial charge < -0.3 is 14.7 Å². The fourth-order valence-electron chi connectivity index (χ4n) is 3.41. The van der Waals surface area contributed by atoms with E-state index in [1.165, 1.54) is 0 Å². The Balaban J connectivity index is 1.81. The maximum atomic E-state index is 13.0. The molecule has 2 amide bonds. The maximum absolute atomic E-state index is 13.0. The number of nitrogens with zero attached hydrogens (tertiary/aromatic N) is 5. The molecule has 0 saturated heterocycles. The summed E-state index contributed by atoms with van der Waals surface area (Å²) >= 11 is 0. The van der Waals surface area contributed by atoms with E-state index in [0.717, 1.165) is 43.0 Å². The maximum Gasteiger partial charge on any atom is 0.272 e. The van der Waals surface area contributed by atoms with E-state index in [0.29, 0.717) is 18.8 Å². The summed E-state index contributed by atoms with van der Waals surface area (Å²) in [6.07, 6.45) is 2.31. The second kappa shape index (κ2) is 9.49. The Bertz CT molecular complexity index is 870. The lowest BCUT2D eigenvalue weighted by atomic mass is 10.2. The highest BCUT2D eigenvalue weighted by Gasteiger charge is 2.22. The van der Waals surface area contributed by atoms with Crippen molar-refractivity contribution in [2.45, 2.75) is 26.2 Å². The summed E-state index contributed by atoms with van der Waals surface area (Å²) < 4.78 is 0. The number of aryl methyl sites for hydroxylation is 2. The van der Waals surface area contributed by atoms with Gasteiger partial charge in [0.2, 0.25) is 5.91 Å². The summed E-state index contributed by atoms with van der Waals surface area (Å²) in [4.78, 5) is 40.3. The van der Waals surface area contributed by atoms with Gasteiger partial charge in [-0.1, -0.05) is 12.1 Å². The largest absolute Gasteiger partial charge is 0.360 e. The number of anilines is 1. The first kappa shape index (κ1) is 20.8. The Kier molecular flexibility index (Phi) is 6.80. The fraction of sp³-hybridized carbons (Fsp3) is 0.455. The van der Waals surface area contributed by atoms with Crippen LogP contribution in [0.3, 0.4) is 0 Å². The number of hydrogen-bond acceptors (Lipinski definition) is 5. The summed E-state index contributed by atoms with van der Waals surface area (Å²) in [5, 5.41) is 0. The normalized spacial score (nSPS) is 16.5. The summed E-state index contributed by atoms with van der Waals surface area (Å²) in [7, 11) is 3.82. The molecule has 3 rings (SSSR count). The molecule has 7 heteroatoms. The van der Waals surface area contributed by atoms with Gasteiger partial charge in [0.1, 0.15) is 18.1 Å². The monoisotopic (exact) mass is 395 g/mol. The molecule has 154 valence electrons. The first-order valence-electron chi connectivity index (χ1n) is 10.1. The zero-order chi connectivity index (χ0) is 20.8. The van der Waals surface area contributed by atoms with Gasteiger partial charge in [0, 0.05) is 45.1 Å². The Morgan fingerprint density at radius 3 is 2.48 bits per heavy atom. The number of fused-ring (bicyclic) bond motifs is 2. The van der Waals surface area contributed by atoms with E-state index in [-0.39, 0.29) is 18.4 Å². The Morgan fingerprint density at radius 1 is 0.931 bits per heavy atom. The lowest BCUT2D eigenvalue weighted by Crippen LogP contribution is -2.43. The first-order valence-corrected chi connectivity index (χ1v) is 10.1. The Morgan fingerprint density at radius 2 is 1.69 bits per heavy atom. The minimum absolute atomic E-state index is 0.0534. The van der Waals surface area contributed by atoms with Crippen molar-refractivity contribution < 1.29 is 9.59 Å². The van der Waals surface area contributed by atoms with Gasteiger partial charge in [-0.15, -0.1) is 0 Å². The second-order valence-electron chi connectivity index (χ2n) is 7.57. The van der Waals surface area contributed by atoms with Crippen molar-refractivity contribution in [3.05, 3.63) is 53.5 Å². The second-order valence-corrected chi connectivity index (χ2v) is 7.57. The molecule has 1 aliphatic rings. The Labute approximate surface area is 172 Å². The van der Waals surface area contributed by atoms with Gasteiger partial charge in [0.05, 0.1) is 0 Å². The number of hydrogen-bond donors (Lipinski definition) is 0. The van der Waals surface area contributed by atoms with E-state index in [2.05, 4.69) is 9.88 Å². The SMILES string of the molecule is Cc1cccc(C(=O)N2CCCc3cccc(n3)N(C)CCCN(C)C(=O)C2)n1. The topological polar surface area (TPSA) is 69.6 Å². The number of amides is 2. The zero-order valence-electron chi connectivity index (χ0n) is 17.5. The molecule has 2 bridgehead atoms. The lowest BCUT2D eigenvalue weighted by molar-refractivity contribution is -0.130. The van der Waals surface area contributed by atoms with E-state index in [9.17, 15) is 9.59 Å². The van der Waals surface area contributed by atoms with E-state index in [4.69, 9.17) is 4.98 Å². The van der Waals surface area contributed by atoms with Crippen LogP contribution in [0.25, 0.3) is 0 Å². The molecular weight excluding hydrogens is 366 g/mol. The third-order valence-corrected chi connectivity index (χ3v) is 5.18. The van der Waals surface area contributed by atoms with Crippen molar-refractivity contribution in [2.75, 3.05) is 45.2 Å². The number of carbonyl (C=O) groups excluding carboxylic acids is 2. The van der Waals surface area contributed by atoms with Gasteiger partial charge in [-0.05, 0) is 50.5 Å². The quantitative estimate of drug-likeness (QED) is 0.740. The van der Waals surface area contributed by atoms with Crippen LogP contribution in [-0.4, -0.2) is 71.9 Å². The summed E-state index contributed by atoms with van der Waals surface area (Å²) in [5.41, 5.74) is 2.16. The van der Waals surface area contributed by atoms with Gasteiger partial charge in [-0.3, -0.25) is 9.59 Å². The molecule has 0 saturated carbocycles. The van der Waals surface area contributed by atoms with Gasteiger partial charge in [0.15, 0.2) is 0 Å². The van der Waals surface area contributed by atoms with Gasteiger partial charge in [-0.2, -0.15) is 0 Å². The van der Waals surface area contributed by atoms with E-state index < -0.39 is 0 Å². The van der Waals surface area contributed by atoms with Crippen molar-refractivity contribution >= 4 is 17.6 Å². The van der Waals surface area contributed by atoms with Crippen LogP contribution in [0.2, 0.25) is 0 Å². The third kappa shape index (κ3) is 5.53. The van der Waals surface area contributed by atoms with Crippen LogP contribution in [0.4, 0.5) is 5.82 Å². The molecule has 0 radical (unpaired) electrons. The number of rotatable bonds is 1. The van der Waals surface area contributed by atoms with Crippen LogP contribution < -0.4 is 4.90 Å². The average Bonchev–Trinajstić information content (AvgIpc) is 2.71. The predicted octanol–water partition coefficient (Wildman–Crippen LogP) is 2.16. The number of pyridine rings is 2. The zero-order valence-corrected chi connectivity index (χ0v) is 17.5. The first-order chi connectivity index (χ1) is 13.9. The summed E-state index contributed by atoms with van der Waals surface area (Å²) in [6.45, 7) is 3.84. The number of carbonyl (C=O) groups is 2. The highest BCUT2D eigenvalue weighted by atomic mass is 16.2. The Hall–Kier alpha value is -2.96. The third-order valence-electron chi connectivity index (χ3n) is 5.18. The van der Waals surface area contributed by atoms with Crippen molar-refractivity contribution in [1.29, 1.82) is 0 Å². The van der Waals surface area contributed by atoms with Crippen molar-refractivity contribution in [2.24, 2.45) is 0 Å². The van der Waals surface area contributed by atoms with Gasteiger partial charge in [-0.25, -0.2) is 9.97 Å². The standard InChI is InChI=1S/C22H29N5O2/c1-17-8-4-11-19(23-17)22(29)27-15-6-10-18-9-5-12-20(24-18)25(2)13-7-14-26(3)21(28)16-27/h4-5,8-9,11-12H,6-7,10,13-16H2,1-3H3. The summed E-state index contributed by atoms with van der Waals surface area (Å²) in [6, 6.07) is 11.4. The van der Waals surface area contributed by atoms with Crippen molar-refractivity contribution in [3.8, 4) is 0 Å².